The number of hydrogen-bond acceptors (Lipinski definition) is 4. The van der Waals surface area contributed by atoms with Crippen molar-refractivity contribution in [2.75, 3.05) is 23.3 Å². The number of carbonyl (C=O) groups is 1. The molecule has 0 saturated heterocycles. The van der Waals surface area contributed by atoms with Crippen LogP contribution in [-0.2, 0) is 14.8 Å². The Balaban J connectivity index is 2.05. The van der Waals surface area contributed by atoms with Crippen molar-refractivity contribution in [3.63, 3.8) is 0 Å². The highest BCUT2D eigenvalue weighted by atomic mass is 79.9. The molecule has 10 heteroatoms. The summed E-state index contributed by atoms with van der Waals surface area (Å²) in [6.45, 7) is 2.90. The molecule has 0 heterocycles. The molecule has 0 aliphatic rings. The number of amides is 1. The zero-order valence-electron chi connectivity index (χ0n) is 18.0. The minimum atomic E-state index is -4.27. The van der Waals surface area contributed by atoms with Crippen molar-refractivity contribution in [3.8, 4) is 5.75 Å². The predicted octanol–water partition coefficient (Wildman–Crippen LogP) is 5.70. The smallest absolute Gasteiger partial charge is 0.268 e. The maximum Gasteiger partial charge on any atom is 0.268 e. The molecule has 3 aromatic carbocycles. The van der Waals surface area contributed by atoms with Crippen molar-refractivity contribution in [2.45, 2.75) is 18.7 Å². The Labute approximate surface area is 205 Å². The lowest BCUT2D eigenvalue weighted by Crippen LogP contribution is -2.38. The molecule has 0 unspecified atom stereocenters. The summed E-state index contributed by atoms with van der Waals surface area (Å²) in [6.07, 6.45) is 0. The van der Waals surface area contributed by atoms with Gasteiger partial charge >= 0.3 is 0 Å². The van der Waals surface area contributed by atoms with Gasteiger partial charge in [0.15, 0.2) is 0 Å². The van der Waals surface area contributed by atoms with Gasteiger partial charge in [0.2, 0.25) is 5.91 Å². The third kappa shape index (κ3) is 5.66. The van der Waals surface area contributed by atoms with Gasteiger partial charge in [-0.05, 0) is 67.4 Å². The summed E-state index contributed by atoms with van der Waals surface area (Å²) in [5.41, 5.74) is 1.54. The van der Waals surface area contributed by atoms with E-state index in [1.54, 1.807) is 44.2 Å². The molecule has 3 aromatic rings. The fourth-order valence-corrected chi connectivity index (χ4v) is 5.23. The fraction of sp³-hybridized carbons (Fsp3) is 0.174. The summed E-state index contributed by atoms with van der Waals surface area (Å²) in [4.78, 5) is 12.7. The molecule has 33 heavy (non-hydrogen) atoms. The maximum atomic E-state index is 14.2. The van der Waals surface area contributed by atoms with Crippen molar-refractivity contribution in [1.29, 1.82) is 0 Å². The summed E-state index contributed by atoms with van der Waals surface area (Å²) >= 11 is 9.39. The van der Waals surface area contributed by atoms with Crippen LogP contribution in [0.1, 0.15) is 11.1 Å². The van der Waals surface area contributed by atoms with Crippen LogP contribution in [0.2, 0.25) is 5.02 Å². The standard InChI is InChI=1S/C23H21BrClFN2O4S/c1-14-4-9-21(32-3)22(10-14)33(30,31)28(17-7-5-15(2)18(25)12-17)13-23(29)27-20-8-6-16(24)11-19(20)26/h4-12H,13H2,1-3H3,(H,27,29). The maximum absolute atomic E-state index is 14.2. The van der Waals surface area contributed by atoms with E-state index >= 15 is 0 Å². The monoisotopic (exact) mass is 554 g/mol. The van der Waals surface area contributed by atoms with E-state index in [4.69, 9.17) is 16.3 Å². The number of methoxy groups -OCH3 is 1. The Hall–Kier alpha value is -2.62. The highest BCUT2D eigenvalue weighted by Crippen LogP contribution is 2.32. The van der Waals surface area contributed by atoms with Gasteiger partial charge in [0, 0.05) is 9.50 Å². The van der Waals surface area contributed by atoms with Gasteiger partial charge in [0.1, 0.15) is 23.0 Å². The van der Waals surface area contributed by atoms with Gasteiger partial charge in [-0.15, -0.1) is 0 Å². The molecule has 0 saturated carbocycles. The molecule has 0 bridgehead atoms. The van der Waals surface area contributed by atoms with Crippen molar-refractivity contribution in [3.05, 3.63) is 81.0 Å². The highest BCUT2D eigenvalue weighted by Gasteiger charge is 2.30. The zero-order valence-corrected chi connectivity index (χ0v) is 21.2. The Morgan fingerprint density at radius 3 is 2.48 bits per heavy atom. The lowest BCUT2D eigenvalue weighted by molar-refractivity contribution is -0.114. The number of rotatable bonds is 7. The summed E-state index contributed by atoms with van der Waals surface area (Å²) in [5, 5.41) is 2.76. The Kier molecular flexibility index (Phi) is 7.66. The van der Waals surface area contributed by atoms with E-state index in [0.29, 0.717) is 15.1 Å². The third-order valence-electron chi connectivity index (χ3n) is 4.82. The molecule has 0 fully saturated rings. The molecular formula is C23H21BrClFN2O4S. The van der Waals surface area contributed by atoms with Crippen molar-refractivity contribution >= 4 is 54.8 Å². The van der Waals surface area contributed by atoms with E-state index in [-0.39, 0.29) is 22.0 Å². The molecule has 174 valence electrons. The topological polar surface area (TPSA) is 75.7 Å². The van der Waals surface area contributed by atoms with E-state index in [0.717, 1.165) is 9.87 Å². The number of ether oxygens (including phenoxy) is 1. The predicted molar refractivity (Wildman–Crippen MR) is 131 cm³/mol. The average molecular weight is 556 g/mol. The second kappa shape index (κ2) is 10.1. The molecule has 6 nitrogen and oxygen atoms in total. The number of halogens is 3. The number of nitrogens with one attached hydrogen (secondary N) is 1. The van der Waals surface area contributed by atoms with E-state index < -0.39 is 28.3 Å². The van der Waals surface area contributed by atoms with Crippen molar-refractivity contribution < 1.29 is 22.3 Å². The molecule has 0 radical (unpaired) electrons. The van der Waals surface area contributed by atoms with Gasteiger partial charge in [0.05, 0.1) is 18.5 Å². The minimum Gasteiger partial charge on any atom is -0.495 e. The summed E-state index contributed by atoms with van der Waals surface area (Å²) in [5.74, 6) is -1.27. The van der Waals surface area contributed by atoms with Crippen LogP contribution in [0.5, 0.6) is 5.75 Å². The molecule has 1 N–H and O–H groups in total. The van der Waals surface area contributed by atoms with Crippen LogP contribution in [0.15, 0.2) is 64.0 Å². The van der Waals surface area contributed by atoms with Crippen LogP contribution >= 0.6 is 27.5 Å². The van der Waals surface area contributed by atoms with Crippen molar-refractivity contribution in [1.82, 2.24) is 0 Å². The Morgan fingerprint density at radius 2 is 1.85 bits per heavy atom. The third-order valence-corrected chi connectivity index (χ3v) is 7.52. The van der Waals surface area contributed by atoms with Gasteiger partial charge in [-0.1, -0.05) is 39.7 Å². The number of carbonyl (C=O) groups excluding carboxylic acids is 1. The van der Waals surface area contributed by atoms with E-state index in [9.17, 15) is 17.6 Å². The number of aryl methyl sites for hydroxylation is 2. The first kappa shape index (κ1) is 25.0. The fourth-order valence-electron chi connectivity index (χ4n) is 3.07. The quantitative estimate of drug-likeness (QED) is 0.406. The Morgan fingerprint density at radius 1 is 1.12 bits per heavy atom. The summed E-state index contributed by atoms with van der Waals surface area (Å²) in [6, 6.07) is 13.5. The molecule has 0 aromatic heterocycles. The number of hydrogen-bond donors (Lipinski definition) is 1. The van der Waals surface area contributed by atoms with Crippen LogP contribution < -0.4 is 14.4 Å². The molecular weight excluding hydrogens is 535 g/mol. The van der Waals surface area contributed by atoms with E-state index in [1.165, 1.54) is 31.4 Å². The summed E-state index contributed by atoms with van der Waals surface area (Å²) < 4.78 is 48.3. The van der Waals surface area contributed by atoms with Gasteiger partial charge in [0.25, 0.3) is 10.0 Å². The Bertz CT molecular complexity index is 1320. The highest BCUT2D eigenvalue weighted by molar-refractivity contribution is 9.10. The number of sulfonamides is 1. The number of nitrogens with zero attached hydrogens (tertiary/aromatic N) is 1. The average Bonchev–Trinajstić information content (AvgIpc) is 2.76. The van der Waals surface area contributed by atoms with E-state index in [1.807, 2.05) is 0 Å². The molecule has 0 spiro atoms. The molecule has 0 aliphatic heterocycles. The van der Waals surface area contributed by atoms with Gasteiger partial charge in [-0.2, -0.15) is 0 Å². The first-order valence-corrected chi connectivity index (χ1v) is 12.3. The largest absolute Gasteiger partial charge is 0.495 e. The lowest BCUT2D eigenvalue weighted by Gasteiger charge is -2.25. The lowest BCUT2D eigenvalue weighted by atomic mass is 10.2. The van der Waals surface area contributed by atoms with Crippen LogP contribution in [0.25, 0.3) is 0 Å². The zero-order chi connectivity index (χ0) is 24.3. The second-order valence-electron chi connectivity index (χ2n) is 7.27. The van der Waals surface area contributed by atoms with E-state index in [2.05, 4.69) is 21.2 Å². The number of anilines is 2. The van der Waals surface area contributed by atoms with Crippen LogP contribution in [0.3, 0.4) is 0 Å². The SMILES string of the molecule is COc1ccc(C)cc1S(=O)(=O)N(CC(=O)Nc1ccc(Br)cc1F)c1ccc(C)c(Cl)c1. The number of benzene rings is 3. The van der Waals surface area contributed by atoms with Gasteiger partial charge < -0.3 is 10.1 Å². The molecule has 1 amide bonds. The van der Waals surface area contributed by atoms with Crippen LogP contribution in [0, 0.1) is 19.7 Å². The first-order valence-electron chi connectivity index (χ1n) is 9.71. The summed E-state index contributed by atoms with van der Waals surface area (Å²) in [7, 11) is -2.90. The van der Waals surface area contributed by atoms with Crippen LogP contribution in [0.4, 0.5) is 15.8 Å². The normalized spacial score (nSPS) is 11.2. The minimum absolute atomic E-state index is 0.0735. The first-order chi connectivity index (χ1) is 15.5. The van der Waals surface area contributed by atoms with Gasteiger partial charge in [-0.25, -0.2) is 12.8 Å². The second-order valence-corrected chi connectivity index (χ2v) is 10.4. The molecule has 0 aliphatic carbocycles. The van der Waals surface area contributed by atoms with Crippen molar-refractivity contribution in [2.24, 2.45) is 0 Å². The molecule has 3 rings (SSSR count). The van der Waals surface area contributed by atoms with Gasteiger partial charge in [-0.3, -0.25) is 9.10 Å². The molecule has 0 atom stereocenters. The van der Waals surface area contributed by atoms with Crippen LogP contribution in [-0.4, -0.2) is 28.0 Å².